The molecule has 1 fully saturated rings. The van der Waals surface area contributed by atoms with Crippen LogP contribution in [0.5, 0.6) is 0 Å². The molecule has 0 saturated carbocycles. The average molecular weight is 282 g/mol. The molecule has 1 rings (SSSR count). The Morgan fingerprint density at radius 2 is 1.50 bits per heavy atom. The van der Waals surface area contributed by atoms with Crippen molar-refractivity contribution in [1.82, 2.24) is 5.32 Å². The van der Waals surface area contributed by atoms with Crippen molar-refractivity contribution in [1.29, 1.82) is 0 Å². The van der Waals surface area contributed by atoms with E-state index in [1.54, 1.807) is 0 Å². The summed E-state index contributed by atoms with van der Waals surface area (Å²) in [5.74, 6) is 0. The Labute approximate surface area is 128 Å². The Balaban J connectivity index is 2.17. The molecule has 0 amide bonds. The summed E-state index contributed by atoms with van der Waals surface area (Å²) in [6.45, 7) is 6.99. The summed E-state index contributed by atoms with van der Waals surface area (Å²) in [6, 6.07) is 0.822. The van der Waals surface area contributed by atoms with E-state index in [-0.39, 0.29) is 0 Å². The Hall–Kier alpha value is -0.0400. The van der Waals surface area contributed by atoms with Gasteiger partial charge in [-0.1, -0.05) is 78.6 Å². The van der Waals surface area contributed by atoms with Crippen LogP contribution in [0.3, 0.4) is 0 Å². The molecule has 120 valence electrons. The van der Waals surface area contributed by atoms with Crippen molar-refractivity contribution < 1.29 is 0 Å². The summed E-state index contributed by atoms with van der Waals surface area (Å²) < 4.78 is 0. The molecule has 1 heteroatoms. The zero-order valence-corrected chi connectivity index (χ0v) is 14.5. The number of rotatable bonds is 12. The first-order chi connectivity index (χ1) is 9.76. The summed E-state index contributed by atoms with van der Waals surface area (Å²) in [7, 11) is 0. The van der Waals surface area contributed by atoms with Crippen LogP contribution in [0.2, 0.25) is 0 Å². The normalized spacial score (nSPS) is 26.2. The molecule has 0 radical (unpaired) electrons. The quantitative estimate of drug-likeness (QED) is 0.419. The number of hydrogen-bond acceptors (Lipinski definition) is 1. The third-order valence-electron chi connectivity index (χ3n) is 5.32. The highest BCUT2D eigenvalue weighted by Crippen LogP contribution is 2.33. The van der Waals surface area contributed by atoms with Gasteiger partial charge in [0.25, 0.3) is 0 Å². The van der Waals surface area contributed by atoms with Crippen molar-refractivity contribution in [2.45, 2.75) is 122 Å². The Morgan fingerprint density at radius 1 is 0.850 bits per heavy atom. The summed E-state index contributed by atoms with van der Waals surface area (Å²) in [6.07, 6.45) is 19.8. The van der Waals surface area contributed by atoms with Crippen molar-refractivity contribution in [3.8, 4) is 0 Å². The fourth-order valence-electron chi connectivity index (χ4n) is 3.78. The highest BCUT2D eigenvalue weighted by Gasteiger charge is 2.35. The maximum Gasteiger partial charge on any atom is 0.0182 e. The highest BCUT2D eigenvalue weighted by molar-refractivity contribution is 4.96. The minimum atomic E-state index is 0.502. The molecular weight excluding hydrogens is 242 g/mol. The van der Waals surface area contributed by atoms with Crippen LogP contribution in [-0.2, 0) is 0 Å². The van der Waals surface area contributed by atoms with Crippen molar-refractivity contribution >= 4 is 0 Å². The second-order valence-corrected chi connectivity index (χ2v) is 7.03. The lowest BCUT2D eigenvalue weighted by molar-refractivity contribution is 0.303. The van der Waals surface area contributed by atoms with Gasteiger partial charge in [-0.05, 0) is 32.1 Å². The Kier molecular flexibility index (Phi) is 9.59. The maximum atomic E-state index is 4.02. The lowest BCUT2D eigenvalue weighted by atomic mass is 9.88. The summed E-state index contributed by atoms with van der Waals surface area (Å²) >= 11 is 0. The SMILES string of the molecule is CCCCCCCC1CCC(CC)(CCCCCC)N1. The predicted octanol–water partition coefficient (Wildman–Crippen LogP) is 6.22. The molecule has 0 aromatic rings. The standard InChI is InChI=1S/C19H39N/c1-4-7-9-11-12-14-18-15-17-19(6-3,20-18)16-13-10-8-5-2/h18,20H,4-17H2,1-3H3. The largest absolute Gasteiger partial charge is 0.309 e. The van der Waals surface area contributed by atoms with Crippen LogP contribution in [0.4, 0.5) is 0 Å². The van der Waals surface area contributed by atoms with Crippen LogP contribution in [0.1, 0.15) is 111 Å². The molecule has 1 heterocycles. The summed E-state index contributed by atoms with van der Waals surface area (Å²) in [4.78, 5) is 0. The fraction of sp³-hybridized carbons (Fsp3) is 1.00. The summed E-state index contributed by atoms with van der Waals surface area (Å²) in [5, 5.41) is 4.02. The van der Waals surface area contributed by atoms with Crippen LogP contribution >= 0.6 is 0 Å². The minimum Gasteiger partial charge on any atom is -0.309 e. The molecule has 0 aromatic carbocycles. The molecule has 0 spiro atoms. The lowest BCUT2D eigenvalue weighted by Gasteiger charge is -2.30. The third-order valence-corrected chi connectivity index (χ3v) is 5.32. The third kappa shape index (κ3) is 6.61. The molecule has 0 aliphatic carbocycles. The van der Waals surface area contributed by atoms with Gasteiger partial charge in [-0.15, -0.1) is 0 Å². The molecule has 2 atom stereocenters. The van der Waals surface area contributed by atoms with Gasteiger partial charge in [0.1, 0.15) is 0 Å². The maximum absolute atomic E-state index is 4.02. The molecule has 1 aliphatic rings. The first-order valence-electron chi connectivity index (χ1n) is 9.54. The van der Waals surface area contributed by atoms with Crippen molar-refractivity contribution in [2.75, 3.05) is 0 Å². The van der Waals surface area contributed by atoms with Crippen LogP contribution in [0.15, 0.2) is 0 Å². The monoisotopic (exact) mass is 281 g/mol. The Morgan fingerprint density at radius 3 is 2.15 bits per heavy atom. The van der Waals surface area contributed by atoms with Gasteiger partial charge in [-0.2, -0.15) is 0 Å². The van der Waals surface area contributed by atoms with E-state index in [1.807, 2.05) is 0 Å². The average Bonchev–Trinajstić information content (AvgIpc) is 2.88. The second kappa shape index (κ2) is 10.7. The molecule has 1 aliphatic heterocycles. The van der Waals surface area contributed by atoms with Crippen molar-refractivity contribution in [3.63, 3.8) is 0 Å². The molecule has 1 N–H and O–H groups in total. The van der Waals surface area contributed by atoms with Gasteiger partial charge in [0.2, 0.25) is 0 Å². The highest BCUT2D eigenvalue weighted by atomic mass is 15.0. The number of hydrogen-bond donors (Lipinski definition) is 1. The van der Waals surface area contributed by atoms with Gasteiger partial charge in [0, 0.05) is 11.6 Å². The topological polar surface area (TPSA) is 12.0 Å². The molecule has 0 bridgehead atoms. The van der Waals surface area contributed by atoms with Gasteiger partial charge >= 0.3 is 0 Å². The van der Waals surface area contributed by atoms with E-state index < -0.39 is 0 Å². The number of unbranched alkanes of at least 4 members (excludes halogenated alkanes) is 7. The van der Waals surface area contributed by atoms with E-state index in [0.717, 1.165) is 6.04 Å². The molecule has 1 saturated heterocycles. The zero-order valence-electron chi connectivity index (χ0n) is 14.5. The van der Waals surface area contributed by atoms with Crippen molar-refractivity contribution in [3.05, 3.63) is 0 Å². The molecule has 0 aromatic heterocycles. The molecular formula is C19H39N. The van der Waals surface area contributed by atoms with Gasteiger partial charge < -0.3 is 5.32 Å². The van der Waals surface area contributed by atoms with Crippen LogP contribution in [-0.4, -0.2) is 11.6 Å². The summed E-state index contributed by atoms with van der Waals surface area (Å²) in [5.41, 5.74) is 0.502. The molecule has 2 unspecified atom stereocenters. The van der Waals surface area contributed by atoms with Gasteiger partial charge in [-0.25, -0.2) is 0 Å². The minimum absolute atomic E-state index is 0.502. The van der Waals surface area contributed by atoms with Crippen LogP contribution in [0, 0.1) is 0 Å². The van der Waals surface area contributed by atoms with E-state index in [2.05, 4.69) is 26.1 Å². The molecule has 20 heavy (non-hydrogen) atoms. The van der Waals surface area contributed by atoms with Gasteiger partial charge in [0.15, 0.2) is 0 Å². The van der Waals surface area contributed by atoms with Crippen molar-refractivity contribution in [2.24, 2.45) is 0 Å². The zero-order chi connectivity index (χ0) is 14.7. The van der Waals surface area contributed by atoms with Crippen LogP contribution in [0.25, 0.3) is 0 Å². The van der Waals surface area contributed by atoms with Gasteiger partial charge in [-0.3, -0.25) is 0 Å². The van der Waals surface area contributed by atoms with Crippen LogP contribution < -0.4 is 5.32 Å². The lowest BCUT2D eigenvalue weighted by Crippen LogP contribution is -2.42. The fourth-order valence-corrected chi connectivity index (χ4v) is 3.78. The molecule has 1 nitrogen and oxygen atoms in total. The Bertz CT molecular complexity index is 226. The first-order valence-corrected chi connectivity index (χ1v) is 9.54. The van der Waals surface area contributed by atoms with E-state index in [4.69, 9.17) is 0 Å². The van der Waals surface area contributed by atoms with Gasteiger partial charge in [0.05, 0.1) is 0 Å². The van der Waals surface area contributed by atoms with E-state index in [9.17, 15) is 0 Å². The van der Waals surface area contributed by atoms with E-state index in [0.29, 0.717) is 5.54 Å². The first kappa shape index (κ1) is 18.0. The number of nitrogens with one attached hydrogen (secondary N) is 1. The van der Waals surface area contributed by atoms with E-state index >= 15 is 0 Å². The predicted molar refractivity (Wildman–Crippen MR) is 91.3 cm³/mol. The second-order valence-electron chi connectivity index (χ2n) is 7.03. The van der Waals surface area contributed by atoms with E-state index in [1.165, 1.54) is 89.9 Å². The smallest absolute Gasteiger partial charge is 0.0182 e.